The average Bonchev–Trinajstić information content (AvgIpc) is 3.22. The van der Waals surface area contributed by atoms with E-state index in [1.54, 1.807) is 10.8 Å². The molecule has 0 aliphatic rings. The van der Waals surface area contributed by atoms with Gasteiger partial charge in [0.25, 0.3) is 5.56 Å². The van der Waals surface area contributed by atoms with Crippen molar-refractivity contribution < 1.29 is 19.1 Å². The van der Waals surface area contributed by atoms with Crippen molar-refractivity contribution in [3.8, 4) is 0 Å². The molecule has 13 nitrogen and oxygen atoms in total. The number of hydrogen-bond donors (Lipinski definition) is 2. The number of carbonyl (C=O) groups is 2. The molecule has 0 aliphatic carbocycles. The standard InChI is InChI=1S/C15H18N8O5/c1-9(24)17-15-18-13-12(14(26)19-15)16-7-22(13)5-11-6-23(21-20-11)8-27-3-4-28-10(2)25/h6-7H,3-5,8H2,1-2H3,(H2,17,18,19,24,26). The van der Waals surface area contributed by atoms with Crippen molar-refractivity contribution in [3.05, 3.63) is 28.6 Å². The third kappa shape index (κ3) is 4.76. The zero-order valence-corrected chi connectivity index (χ0v) is 15.2. The third-order valence-corrected chi connectivity index (χ3v) is 3.44. The summed E-state index contributed by atoms with van der Waals surface area (Å²) in [5, 5.41) is 10.4. The second-order valence-electron chi connectivity index (χ2n) is 5.77. The summed E-state index contributed by atoms with van der Waals surface area (Å²) in [6.07, 6.45) is 3.12. The van der Waals surface area contributed by atoms with Gasteiger partial charge in [0.15, 0.2) is 11.2 Å². The summed E-state index contributed by atoms with van der Waals surface area (Å²) in [7, 11) is 0. The summed E-state index contributed by atoms with van der Waals surface area (Å²) in [5.74, 6) is -0.685. The van der Waals surface area contributed by atoms with Gasteiger partial charge in [-0.1, -0.05) is 5.21 Å². The molecule has 1 amide bonds. The number of nitrogens with one attached hydrogen (secondary N) is 2. The van der Waals surface area contributed by atoms with Crippen LogP contribution in [0.2, 0.25) is 0 Å². The molecule has 0 unspecified atom stereocenters. The molecule has 3 aromatic heterocycles. The lowest BCUT2D eigenvalue weighted by Gasteiger charge is -2.04. The van der Waals surface area contributed by atoms with Gasteiger partial charge in [-0.05, 0) is 0 Å². The smallest absolute Gasteiger partial charge is 0.302 e. The Morgan fingerprint density at radius 1 is 1.29 bits per heavy atom. The third-order valence-electron chi connectivity index (χ3n) is 3.44. The van der Waals surface area contributed by atoms with Crippen molar-refractivity contribution >= 4 is 29.0 Å². The first-order valence-electron chi connectivity index (χ1n) is 8.25. The maximum Gasteiger partial charge on any atom is 0.302 e. The van der Waals surface area contributed by atoms with E-state index in [1.165, 1.54) is 24.9 Å². The fourth-order valence-corrected chi connectivity index (χ4v) is 2.35. The van der Waals surface area contributed by atoms with Gasteiger partial charge in [-0.3, -0.25) is 24.7 Å². The second-order valence-corrected chi connectivity index (χ2v) is 5.77. The molecule has 0 spiro atoms. The highest BCUT2D eigenvalue weighted by Gasteiger charge is 2.12. The number of H-pyrrole nitrogens is 1. The molecule has 0 fully saturated rings. The zero-order valence-electron chi connectivity index (χ0n) is 15.2. The lowest BCUT2D eigenvalue weighted by Crippen LogP contribution is -2.16. The molecule has 28 heavy (non-hydrogen) atoms. The molecule has 0 atom stereocenters. The highest BCUT2D eigenvalue weighted by atomic mass is 16.6. The monoisotopic (exact) mass is 390 g/mol. The number of anilines is 1. The van der Waals surface area contributed by atoms with Crippen LogP contribution in [0.25, 0.3) is 11.2 Å². The quantitative estimate of drug-likeness (QED) is 0.373. The van der Waals surface area contributed by atoms with Gasteiger partial charge >= 0.3 is 5.97 Å². The molecule has 148 valence electrons. The summed E-state index contributed by atoms with van der Waals surface area (Å²) < 4.78 is 13.2. The van der Waals surface area contributed by atoms with Gasteiger partial charge in [-0.2, -0.15) is 4.98 Å². The number of aromatic nitrogens is 7. The van der Waals surface area contributed by atoms with E-state index in [4.69, 9.17) is 9.47 Å². The molecule has 0 radical (unpaired) electrons. The minimum Gasteiger partial charge on any atom is -0.463 e. The van der Waals surface area contributed by atoms with Gasteiger partial charge < -0.3 is 14.0 Å². The number of esters is 1. The molecule has 0 saturated carbocycles. The normalized spacial score (nSPS) is 10.9. The summed E-state index contributed by atoms with van der Waals surface area (Å²) in [6.45, 7) is 3.44. The number of carbonyl (C=O) groups excluding carboxylic acids is 2. The number of ether oxygens (including phenoxy) is 2. The van der Waals surface area contributed by atoms with Crippen LogP contribution < -0.4 is 10.9 Å². The summed E-state index contributed by atoms with van der Waals surface area (Å²) >= 11 is 0. The molecule has 0 bridgehead atoms. The van der Waals surface area contributed by atoms with Crippen molar-refractivity contribution in [2.75, 3.05) is 18.5 Å². The predicted molar refractivity (Wildman–Crippen MR) is 94.2 cm³/mol. The minimum atomic E-state index is -0.461. The van der Waals surface area contributed by atoms with Crippen LogP contribution in [-0.4, -0.2) is 59.6 Å². The van der Waals surface area contributed by atoms with Gasteiger partial charge in [-0.15, -0.1) is 5.10 Å². The Bertz CT molecular complexity index is 1050. The Morgan fingerprint density at radius 3 is 2.86 bits per heavy atom. The van der Waals surface area contributed by atoms with E-state index in [0.717, 1.165) is 0 Å². The largest absolute Gasteiger partial charge is 0.463 e. The molecule has 2 N–H and O–H groups in total. The molecule has 3 aromatic rings. The van der Waals surface area contributed by atoms with Crippen molar-refractivity contribution in [2.24, 2.45) is 0 Å². The Kier molecular flexibility index (Phi) is 5.74. The SMILES string of the molecule is CC(=O)Nc1nc2c(ncn2Cc2cn(COCCOC(C)=O)nn2)c(=O)[nH]1. The number of imidazole rings is 1. The molecular weight excluding hydrogens is 372 g/mol. The molecule has 3 rings (SSSR count). The second kappa shape index (κ2) is 8.39. The zero-order chi connectivity index (χ0) is 20.1. The fraction of sp³-hybridized carbons (Fsp3) is 0.400. The van der Waals surface area contributed by atoms with Crippen LogP contribution in [-0.2, 0) is 32.3 Å². The van der Waals surface area contributed by atoms with Crippen molar-refractivity contribution in [1.29, 1.82) is 0 Å². The van der Waals surface area contributed by atoms with Crippen molar-refractivity contribution in [2.45, 2.75) is 27.1 Å². The number of nitrogens with zero attached hydrogens (tertiary/aromatic N) is 6. The molecule has 13 heteroatoms. The molecule has 0 saturated heterocycles. The highest BCUT2D eigenvalue weighted by Crippen LogP contribution is 2.10. The number of amides is 1. The predicted octanol–water partition coefficient (Wildman–Crippen LogP) is -0.745. The first kappa shape index (κ1) is 19.2. The number of hydrogen-bond acceptors (Lipinski definition) is 9. The molecule has 0 aliphatic heterocycles. The van der Waals surface area contributed by atoms with Gasteiger partial charge in [0.1, 0.15) is 19.0 Å². The van der Waals surface area contributed by atoms with Crippen molar-refractivity contribution in [3.63, 3.8) is 0 Å². The van der Waals surface area contributed by atoms with E-state index in [0.29, 0.717) is 11.3 Å². The van der Waals surface area contributed by atoms with E-state index in [-0.39, 0.29) is 49.8 Å². The Morgan fingerprint density at radius 2 is 2.11 bits per heavy atom. The van der Waals surface area contributed by atoms with Crippen LogP contribution in [0.5, 0.6) is 0 Å². The lowest BCUT2D eigenvalue weighted by atomic mass is 10.4. The summed E-state index contributed by atoms with van der Waals surface area (Å²) in [5.41, 5.74) is 0.582. The molecule has 0 aromatic carbocycles. The van der Waals surface area contributed by atoms with Crippen LogP contribution in [0.15, 0.2) is 17.3 Å². The van der Waals surface area contributed by atoms with E-state index in [9.17, 15) is 14.4 Å². The van der Waals surface area contributed by atoms with E-state index >= 15 is 0 Å². The Labute approximate surface area is 157 Å². The molecule has 3 heterocycles. The van der Waals surface area contributed by atoms with E-state index in [2.05, 4.69) is 30.6 Å². The summed E-state index contributed by atoms with van der Waals surface area (Å²) in [4.78, 5) is 44.6. The van der Waals surface area contributed by atoms with E-state index in [1.807, 2.05) is 0 Å². The maximum absolute atomic E-state index is 12.1. The minimum absolute atomic E-state index is 0.0385. The lowest BCUT2D eigenvalue weighted by molar-refractivity contribution is -0.143. The van der Waals surface area contributed by atoms with Crippen LogP contribution in [0.3, 0.4) is 0 Å². The summed E-state index contributed by atoms with van der Waals surface area (Å²) in [6, 6.07) is 0. The maximum atomic E-state index is 12.1. The Balaban J connectivity index is 1.67. The molecular formula is C15H18N8O5. The number of aromatic amines is 1. The first-order valence-corrected chi connectivity index (χ1v) is 8.25. The highest BCUT2D eigenvalue weighted by molar-refractivity contribution is 5.87. The average molecular weight is 390 g/mol. The van der Waals surface area contributed by atoms with Crippen LogP contribution in [0, 0.1) is 0 Å². The van der Waals surface area contributed by atoms with Gasteiger partial charge in [0.05, 0.1) is 25.7 Å². The van der Waals surface area contributed by atoms with E-state index < -0.39 is 5.56 Å². The van der Waals surface area contributed by atoms with Gasteiger partial charge in [0.2, 0.25) is 11.9 Å². The van der Waals surface area contributed by atoms with Crippen LogP contribution in [0.4, 0.5) is 5.95 Å². The van der Waals surface area contributed by atoms with Crippen LogP contribution >= 0.6 is 0 Å². The van der Waals surface area contributed by atoms with Gasteiger partial charge in [-0.25, -0.2) is 9.67 Å². The number of fused-ring (bicyclic) bond motifs is 1. The van der Waals surface area contributed by atoms with Crippen molar-refractivity contribution in [1.82, 2.24) is 34.5 Å². The fourth-order valence-electron chi connectivity index (χ4n) is 2.35. The topological polar surface area (TPSA) is 159 Å². The Hall–Kier alpha value is -3.61. The van der Waals surface area contributed by atoms with Crippen LogP contribution in [0.1, 0.15) is 19.5 Å². The van der Waals surface area contributed by atoms with Gasteiger partial charge in [0, 0.05) is 13.8 Å². The number of rotatable bonds is 8. The first-order chi connectivity index (χ1) is 13.4.